The Kier molecular flexibility index (Phi) is 4.73. The monoisotopic (exact) mass is 145 g/mol. The molecule has 0 fully saturated rings. The number of hydrogen-bond donors (Lipinski definition) is 1. The predicted molar refractivity (Wildman–Crippen MR) is 36.1 cm³/mol. The van der Waals surface area contributed by atoms with E-state index in [1.165, 1.54) is 0 Å². The summed E-state index contributed by atoms with van der Waals surface area (Å²) in [4.78, 5) is 0. The van der Waals surface area contributed by atoms with Crippen molar-refractivity contribution >= 4 is 0 Å². The Bertz CT molecular complexity index is 203. The maximum atomic E-state index is 8.99. The third-order valence-electron chi connectivity index (χ3n) is 1.18. The van der Waals surface area contributed by atoms with Gasteiger partial charge < -0.3 is 10.8 Å². The summed E-state index contributed by atoms with van der Waals surface area (Å²) < 4.78 is 0. The number of para-hydroxylation sites is 1. The Morgan fingerprint density at radius 1 is 1.30 bits per heavy atom. The summed E-state index contributed by atoms with van der Waals surface area (Å²) in [6.07, 6.45) is 0. The molecule has 0 saturated heterocycles. The van der Waals surface area contributed by atoms with Gasteiger partial charge in [0.05, 0.1) is 0 Å². The summed E-state index contributed by atoms with van der Waals surface area (Å²) in [5.74, 6) is 0.215. The van der Waals surface area contributed by atoms with Crippen LogP contribution in [-0.2, 0) is 6.54 Å². The molecule has 0 bridgehead atoms. The molecule has 0 aromatic heterocycles. The van der Waals surface area contributed by atoms with Crippen molar-refractivity contribution in [1.82, 2.24) is 0 Å². The molecule has 0 aliphatic rings. The molecule has 0 amide bonds. The molecule has 2 nitrogen and oxygen atoms in total. The van der Waals surface area contributed by atoms with Crippen molar-refractivity contribution in [3.63, 3.8) is 0 Å². The van der Waals surface area contributed by atoms with Gasteiger partial charge in [0.25, 0.3) is 0 Å². The summed E-state index contributed by atoms with van der Waals surface area (Å²) in [5, 5.41) is 8.99. The number of rotatable bonds is 1. The number of benzene rings is 1. The summed E-state index contributed by atoms with van der Waals surface area (Å²) >= 11 is 0. The molecule has 0 radical (unpaired) electrons. The Balaban J connectivity index is 0.000000810. The minimum absolute atomic E-state index is 0. The van der Waals surface area contributed by atoms with E-state index < -0.39 is 0 Å². The topological polar surface area (TPSA) is 44.0 Å². The standard InChI is InChI=1S/C7H8NO.Na/c8-5-6-3-1-2-4-7(6)9;/h1-4,8-9H,5H2;/q-1;+1. The van der Waals surface area contributed by atoms with Gasteiger partial charge in [-0.15, -0.1) is 6.54 Å². The van der Waals surface area contributed by atoms with Gasteiger partial charge in [-0.3, -0.25) is 0 Å². The average Bonchev–Trinajstić information content (AvgIpc) is 1.89. The molecule has 10 heavy (non-hydrogen) atoms. The van der Waals surface area contributed by atoms with Gasteiger partial charge in [-0.1, -0.05) is 18.2 Å². The number of nitrogens with one attached hydrogen (secondary N) is 1. The van der Waals surface area contributed by atoms with E-state index in [0.717, 1.165) is 0 Å². The Morgan fingerprint density at radius 3 is 2.30 bits per heavy atom. The van der Waals surface area contributed by atoms with Crippen LogP contribution in [0.15, 0.2) is 24.3 Å². The Labute approximate surface area is 82.3 Å². The fourth-order valence-electron chi connectivity index (χ4n) is 0.660. The second-order valence-electron chi connectivity index (χ2n) is 1.81. The van der Waals surface area contributed by atoms with Crippen LogP contribution in [0.3, 0.4) is 0 Å². The van der Waals surface area contributed by atoms with Crippen LogP contribution in [0.1, 0.15) is 5.56 Å². The third-order valence-corrected chi connectivity index (χ3v) is 1.18. The van der Waals surface area contributed by atoms with Gasteiger partial charge in [-0.2, -0.15) is 0 Å². The quantitative estimate of drug-likeness (QED) is 0.503. The molecule has 1 aromatic carbocycles. The molecule has 0 unspecified atom stereocenters. The fraction of sp³-hybridized carbons (Fsp3) is 0.143. The molecule has 0 spiro atoms. The van der Waals surface area contributed by atoms with E-state index in [1.54, 1.807) is 18.2 Å². The first-order chi connectivity index (χ1) is 4.34. The van der Waals surface area contributed by atoms with E-state index in [-0.39, 0.29) is 41.9 Å². The number of aromatic hydroxyl groups is 1. The fourth-order valence-corrected chi connectivity index (χ4v) is 0.660. The van der Waals surface area contributed by atoms with E-state index in [4.69, 9.17) is 10.8 Å². The molecular formula is C7H8NNaO. The van der Waals surface area contributed by atoms with Crippen LogP contribution < -0.4 is 29.6 Å². The molecule has 1 rings (SSSR count). The van der Waals surface area contributed by atoms with Gasteiger partial charge >= 0.3 is 29.6 Å². The van der Waals surface area contributed by atoms with Gasteiger partial charge in [0, 0.05) is 0 Å². The number of phenolic OH excluding ortho intramolecular Hbond substituents is 1. The zero-order valence-electron chi connectivity index (χ0n) is 5.96. The van der Waals surface area contributed by atoms with Crippen molar-refractivity contribution in [2.75, 3.05) is 0 Å². The van der Waals surface area contributed by atoms with Crippen molar-refractivity contribution in [2.45, 2.75) is 6.54 Å². The Morgan fingerprint density at radius 2 is 1.90 bits per heavy atom. The molecule has 0 saturated carbocycles. The predicted octanol–water partition coefficient (Wildman–Crippen LogP) is -1.05. The zero-order valence-corrected chi connectivity index (χ0v) is 7.96. The molecule has 3 heteroatoms. The third kappa shape index (κ3) is 2.31. The molecule has 0 atom stereocenters. The second kappa shape index (κ2) is 4.74. The summed E-state index contributed by atoms with van der Waals surface area (Å²) in [6, 6.07) is 6.88. The van der Waals surface area contributed by atoms with Gasteiger partial charge in [-0.05, 0) is 11.6 Å². The van der Waals surface area contributed by atoms with Gasteiger partial charge in [-0.25, -0.2) is 0 Å². The van der Waals surface area contributed by atoms with Crippen LogP contribution in [-0.4, -0.2) is 5.11 Å². The van der Waals surface area contributed by atoms with Crippen molar-refractivity contribution in [3.05, 3.63) is 35.6 Å². The van der Waals surface area contributed by atoms with E-state index >= 15 is 0 Å². The normalized spacial score (nSPS) is 8.50. The molecule has 48 valence electrons. The van der Waals surface area contributed by atoms with Crippen molar-refractivity contribution < 1.29 is 34.7 Å². The SMILES string of the molecule is [NH-]Cc1ccccc1O.[Na+]. The maximum absolute atomic E-state index is 8.99. The molecule has 0 heterocycles. The first-order valence-corrected chi connectivity index (χ1v) is 2.76. The molecule has 0 aliphatic heterocycles. The van der Waals surface area contributed by atoms with Crippen molar-refractivity contribution in [3.8, 4) is 5.75 Å². The van der Waals surface area contributed by atoms with Crippen LogP contribution in [0.25, 0.3) is 5.73 Å². The summed E-state index contributed by atoms with van der Waals surface area (Å²) in [7, 11) is 0. The molecule has 2 N–H and O–H groups in total. The first kappa shape index (κ1) is 9.98. The van der Waals surface area contributed by atoms with E-state index in [0.29, 0.717) is 5.56 Å². The summed E-state index contributed by atoms with van der Waals surface area (Å²) in [6.45, 7) is 0.146. The van der Waals surface area contributed by atoms with Crippen molar-refractivity contribution in [2.24, 2.45) is 0 Å². The van der Waals surface area contributed by atoms with Gasteiger partial charge in [0.1, 0.15) is 5.75 Å². The van der Waals surface area contributed by atoms with Crippen LogP contribution in [0, 0.1) is 0 Å². The average molecular weight is 145 g/mol. The minimum atomic E-state index is 0. The largest absolute Gasteiger partial charge is 1.00 e. The molecular weight excluding hydrogens is 137 g/mol. The first-order valence-electron chi connectivity index (χ1n) is 2.76. The Hall–Kier alpha value is -0.0200. The van der Waals surface area contributed by atoms with Crippen LogP contribution in [0.5, 0.6) is 5.75 Å². The van der Waals surface area contributed by atoms with E-state index in [9.17, 15) is 0 Å². The summed E-state index contributed by atoms with van der Waals surface area (Å²) in [5.41, 5.74) is 7.60. The zero-order chi connectivity index (χ0) is 6.69. The van der Waals surface area contributed by atoms with Crippen LogP contribution in [0.4, 0.5) is 0 Å². The number of phenols is 1. The van der Waals surface area contributed by atoms with Crippen LogP contribution in [0.2, 0.25) is 0 Å². The van der Waals surface area contributed by atoms with Gasteiger partial charge in [0.2, 0.25) is 0 Å². The van der Waals surface area contributed by atoms with Crippen LogP contribution >= 0.6 is 0 Å². The minimum Gasteiger partial charge on any atom is -0.674 e. The van der Waals surface area contributed by atoms with E-state index in [1.807, 2.05) is 6.07 Å². The van der Waals surface area contributed by atoms with E-state index in [2.05, 4.69) is 0 Å². The smallest absolute Gasteiger partial charge is 0.674 e. The molecule has 0 aliphatic carbocycles. The number of hydrogen-bond acceptors (Lipinski definition) is 1. The maximum Gasteiger partial charge on any atom is 1.00 e. The van der Waals surface area contributed by atoms with Crippen molar-refractivity contribution in [1.29, 1.82) is 0 Å². The second-order valence-corrected chi connectivity index (χ2v) is 1.81. The molecule has 1 aromatic rings. The van der Waals surface area contributed by atoms with Gasteiger partial charge in [0.15, 0.2) is 0 Å².